The molecule has 1 N–H and O–H groups in total. The lowest BCUT2D eigenvalue weighted by Crippen LogP contribution is -2.41. The monoisotopic (exact) mass is 378 g/mol. The van der Waals surface area contributed by atoms with Crippen LogP contribution in [-0.2, 0) is 6.42 Å². The van der Waals surface area contributed by atoms with Crippen LogP contribution in [0.3, 0.4) is 0 Å². The first-order valence-corrected chi connectivity index (χ1v) is 8.20. The first kappa shape index (κ1) is 17.6. The Hall–Kier alpha value is -1.72. The van der Waals surface area contributed by atoms with Crippen LogP contribution in [0.15, 0.2) is 53.0 Å². The second kappa shape index (κ2) is 8.22. The molecule has 1 atom stereocenters. The van der Waals surface area contributed by atoms with E-state index in [9.17, 15) is 9.18 Å². The van der Waals surface area contributed by atoms with Crippen LogP contribution >= 0.6 is 15.9 Å². The molecule has 3 nitrogen and oxygen atoms in total. The van der Waals surface area contributed by atoms with Gasteiger partial charge in [-0.2, -0.15) is 0 Å². The molecule has 0 spiro atoms. The Labute approximate surface area is 144 Å². The Kier molecular flexibility index (Phi) is 6.30. The van der Waals surface area contributed by atoms with Gasteiger partial charge in [0.1, 0.15) is 5.82 Å². The Balaban J connectivity index is 1.99. The summed E-state index contributed by atoms with van der Waals surface area (Å²) in [6.07, 6.45) is 0.846. The quantitative estimate of drug-likeness (QED) is 0.834. The van der Waals surface area contributed by atoms with Crippen LogP contribution in [0.25, 0.3) is 0 Å². The Morgan fingerprint density at radius 2 is 1.91 bits per heavy atom. The summed E-state index contributed by atoms with van der Waals surface area (Å²) in [6, 6.07) is 14.4. The molecule has 23 heavy (non-hydrogen) atoms. The van der Waals surface area contributed by atoms with Crippen molar-refractivity contribution in [1.29, 1.82) is 0 Å². The van der Waals surface area contributed by atoms with E-state index in [0.29, 0.717) is 16.6 Å². The summed E-state index contributed by atoms with van der Waals surface area (Å²) in [5, 5.41) is 2.93. The molecule has 1 amide bonds. The lowest BCUT2D eigenvalue weighted by Gasteiger charge is -2.25. The number of nitrogens with zero attached hydrogens (tertiary/aromatic N) is 1. The van der Waals surface area contributed by atoms with E-state index in [-0.39, 0.29) is 17.8 Å². The van der Waals surface area contributed by atoms with Crippen molar-refractivity contribution < 1.29 is 9.18 Å². The van der Waals surface area contributed by atoms with E-state index in [4.69, 9.17) is 0 Å². The first-order chi connectivity index (χ1) is 11.0. The summed E-state index contributed by atoms with van der Waals surface area (Å²) in [4.78, 5) is 14.4. The smallest absolute Gasteiger partial charge is 0.252 e. The Morgan fingerprint density at radius 3 is 2.52 bits per heavy atom. The van der Waals surface area contributed by atoms with Gasteiger partial charge in [0.2, 0.25) is 0 Å². The molecule has 1 unspecified atom stereocenters. The number of amides is 1. The van der Waals surface area contributed by atoms with Gasteiger partial charge in [0, 0.05) is 17.1 Å². The predicted molar refractivity (Wildman–Crippen MR) is 94.1 cm³/mol. The van der Waals surface area contributed by atoms with Crippen molar-refractivity contribution in [1.82, 2.24) is 10.2 Å². The molecular weight excluding hydrogens is 359 g/mol. The third-order valence-corrected chi connectivity index (χ3v) is 4.37. The number of halogens is 2. The molecule has 0 saturated carbocycles. The number of likely N-dealkylation sites (N-methyl/N-ethyl adjacent to an activating group) is 1. The molecule has 122 valence electrons. The SMILES string of the molecule is CN(C)C(CNC(=O)c1ccc(F)cc1Br)Cc1ccccc1. The number of hydrogen-bond acceptors (Lipinski definition) is 2. The zero-order valence-electron chi connectivity index (χ0n) is 13.2. The van der Waals surface area contributed by atoms with Crippen molar-refractivity contribution >= 4 is 21.8 Å². The van der Waals surface area contributed by atoms with E-state index in [1.165, 1.54) is 23.8 Å². The standard InChI is InChI=1S/C18H20BrFN2O/c1-22(2)15(10-13-6-4-3-5-7-13)12-21-18(23)16-9-8-14(20)11-17(16)19/h3-9,11,15H,10,12H2,1-2H3,(H,21,23). The fourth-order valence-corrected chi connectivity index (χ4v) is 2.83. The molecule has 0 saturated heterocycles. The van der Waals surface area contributed by atoms with Crippen LogP contribution in [0.2, 0.25) is 0 Å². The molecule has 0 bridgehead atoms. The normalized spacial score (nSPS) is 12.2. The van der Waals surface area contributed by atoms with Gasteiger partial charge in [0.25, 0.3) is 5.91 Å². The Morgan fingerprint density at radius 1 is 1.22 bits per heavy atom. The number of benzene rings is 2. The van der Waals surface area contributed by atoms with Gasteiger partial charge in [-0.05, 0) is 60.2 Å². The van der Waals surface area contributed by atoms with Gasteiger partial charge in [-0.3, -0.25) is 4.79 Å². The molecule has 0 aliphatic heterocycles. The minimum atomic E-state index is -0.372. The number of rotatable bonds is 6. The van der Waals surface area contributed by atoms with Crippen LogP contribution < -0.4 is 5.32 Å². The maximum Gasteiger partial charge on any atom is 0.252 e. The van der Waals surface area contributed by atoms with Gasteiger partial charge >= 0.3 is 0 Å². The summed E-state index contributed by atoms with van der Waals surface area (Å²) in [5.74, 6) is -0.583. The summed E-state index contributed by atoms with van der Waals surface area (Å²) < 4.78 is 13.6. The van der Waals surface area contributed by atoms with Crippen molar-refractivity contribution in [2.75, 3.05) is 20.6 Å². The van der Waals surface area contributed by atoms with Crippen LogP contribution in [0.5, 0.6) is 0 Å². The molecule has 0 fully saturated rings. The van der Waals surface area contributed by atoms with Crippen molar-refractivity contribution in [2.45, 2.75) is 12.5 Å². The summed E-state index contributed by atoms with van der Waals surface area (Å²) in [7, 11) is 3.99. The largest absolute Gasteiger partial charge is 0.350 e. The van der Waals surface area contributed by atoms with Crippen molar-refractivity contribution in [3.8, 4) is 0 Å². The zero-order chi connectivity index (χ0) is 16.8. The average molecular weight is 379 g/mol. The molecule has 0 aliphatic carbocycles. The third-order valence-electron chi connectivity index (χ3n) is 3.72. The summed E-state index contributed by atoms with van der Waals surface area (Å²) >= 11 is 3.23. The third kappa shape index (κ3) is 5.15. The molecule has 2 aromatic rings. The molecule has 0 aliphatic rings. The highest BCUT2D eigenvalue weighted by molar-refractivity contribution is 9.10. The van der Waals surface area contributed by atoms with Gasteiger partial charge in [-0.25, -0.2) is 4.39 Å². The second-order valence-corrected chi connectivity index (χ2v) is 6.50. The highest BCUT2D eigenvalue weighted by Gasteiger charge is 2.16. The molecule has 2 rings (SSSR count). The highest BCUT2D eigenvalue weighted by Crippen LogP contribution is 2.18. The molecule has 0 heterocycles. The molecule has 0 radical (unpaired) electrons. The topological polar surface area (TPSA) is 32.3 Å². The maximum absolute atomic E-state index is 13.1. The van der Waals surface area contributed by atoms with Crippen LogP contribution in [-0.4, -0.2) is 37.5 Å². The zero-order valence-corrected chi connectivity index (χ0v) is 14.8. The lowest BCUT2D eigenvalue weighted by molar-refractivity contribution is 0.0941. The Bertz CT molecular complexity index is 661. The van der Waals surface area contributed by atoms with Crippen molar-refractivity contribution in [2.24, 2.45) is 0 Å². The fourth-order valence-electron chi connectivity index (χ4n) is 2.30. The minimum absolute atomic E-state index is 0.181. The second-order valence-electron chi connectivity index (χ2n) is 5.64. The number of hydrogen-bond donors (Lipinski definition) is 1. The van der Waals surface area contributed by atoms with E-state index in [0.717, 1.165) is 6.42 Å². The van der Waals surface area contributed by atoms with E-state index in [2.05, 4.69) is 38.3 Å². The number of carbonyl (C=O) groups is 1. The fraction of sp³-hybridized carbons (Fsp3) is 0.278. The minimum Gasteiger partial charge on any atom is -0.350 e. The van der Waals surface area contributed by atoms with E-state index < -0.39 is 0 Å². The van der Waals surface area contributed by atoms with Gasteiger partial charge in [0.15, 0.2) is 0 Å². The van der Waals surface area contributed by atoms with Crippen molar-refractivity contribution in [3.63, 3.8) is 0 Å². The molecule has 2 aromatic carbocycles. The van der Waals surface area contributed by atoms with Crippen LogP contribution in [0.1, 0.15) is 15.9 Å². The molecule has 5 heteroatoms. The van der Waals surface area contributed by atoms with E-state index in [1.54, 1.807) is 0 Å². The van der Waals surface area contributed by atoms with Gasteiger partial charge in [0.05, 0.1) is 5.56 Å². The van der Waals surface area contributed by atoms with E-state index in [1.807, 2.05) is 32.3 Å². The maximum atomic E-state index is 13.1. The number of nitrogens with one attached hydrogen (secondary N) is 1. The first-order valence-electron chi connectivity index (χ1n) is 7.41. The van der Waals surface area contributed by atoms with Crippen LogP contribution in [0, 0.1) is 5.82 Å². The molecular formula is C18H20BrFN2O. The van der Waals surface area contributed by atoms with Crippen LogP contribution in [0.4, 0.5) is 4.39 Å². The number of carbonyl (C=O) groups excluding carboxylic acids is 1. The highest BCUT2D eigenvalue weighted by atomic mass is 79.9. The summed E-state index contributed by atoms with van der Waals surface area (Å²) in [5.41, 5.74) is 1.66. The van der Waals surface area contributed by atoms with Gasteiger partial charge < -0.3 is 10.2 Å². The van der Waals surface area contributed by atoms with Gasteiger partial charge in [-0.1, -0.05) is 30.3 Å². The van der Waals surface area contributed by atoms with E-state index >= 15 is 0 Å². The van der Waals surface area contributed by atoms with Crippen molar-refractivity contribution in [3.05, 3.63) is 69.9 Å². The lowest BCUT2D eigenvalue weighted by atomic mass is 10.0. The molecule has 0 aromatic heterocycles. The van der Waals surface area contributed by atoms with Gasteiger partial charge in [-0.15, -0.1) is 0 Å². The average Bonchev–Trinajstić information content (AvgIpc) is 2.51. The summed E-state index contributed by atoms with van der Waals surface area (Å²) in [6.45, 7) is 0.518. The predicted octanol–water partition coefficient (Wildman–Crippen LogP) is 3.49.